The van der Waals surface area contributed by atoms with Crippen LogP contribution in [-0.4, -0.2) is 45.0 Å². The van der Waals surface area contributed by atoms with Gasteiger partial charge in [-0.15, -0.1) is 10.2 Å². The van der Waals surface area contributed by atoms with Gasteiger partial charge in [0, 0.05) is 48.1 Å². The quantitative estimate of drug-likeness (QED) is 0.547. The third kappa shape index (κ3) is 4.65. The number of aromatic amines is 1. The van der Waals surface area contributed by atoms with Gasteiger partial charge in [0.25, 0.3) is 0 Å². The number of aromatic nitrogens is 3. The van der Waals surface area contributed by atoms with E-state index in [1.807, 2.05) is 24.4 Å². The predicted octanol–water partition coefficient (Wildman–Crippen LogP) is 4.05. The van der Waals surface area contributed by atoms with E-state index in [9.17, 15) is 9.59 Å². The standard InChI is InChI=1S/C21H24ClN5O2S/c1-2-3-4-18-25-26-21(30-18)24-20(29)14-9-19(28)27(12-14)8-7-13-11-23-17-6-5-15(22)10-16(13)17/h5-6,10-11,14,23H,2-4,7-9,12H2,1H3,(H,24,26,29). The molecule has 2 N–H and O–H groups in total. The van der Waals surface area contributed by atoms with Gasteiger partial charge in [-0.05, 0) is 36.6 Å². The molecule has 0 spiro atoms. The molecule has 2 aromatic heterocycles. The van der Waals surface area contributed by atoms with Gasteiger partial charge in [0.15, 0.2) is 0 Å². The van der Waals surface area contributed by atoms with Gasteiger partial charge in [-0.3, -0.25) is 9.59 Å². The Kier molecular flexibility index (Phi) is 6.34. The van der Waals surface area contributed by atoms with Crippen molar-refractivity contribution in [1.29, 1.82) is 0 Å². The van der Waals surface area contributed by atoms with Gasteiger partial charge in [0.05, 0.1) is 5.92 Å². The van der Waals surface area contributed by atoms with E-state index in [0.29, 0.717) is 29.7 Å². The van der Waals surface area contributed by atoms with Crippen molar-refractivity contribution in [3.8, 4) is 0 Å². The lowest BCUT2D eigenvalue weighted by Gasteiger charge is -2.16. The van der Waals surface area contributed by atoms with Crippen molar-refractivity contribution in [1.82, 2.24) is 20.1 Å². The maximum absolute atomic E-state index is 12.6. The molecule has 1 unspecified atom stereocenters. The van der Waals surface area contributed by atoms with Crippen molar-refractivity contribution in [3.63, 3.8) is 0 Å². The van der Waals surface area contributed by atoms with Crippen LogP contribution in [0, 0.1) is 5.92 Å². The zero-order valence-electron chi connectivity index (χ0n) is 16.8. The zero-order valence-corrected chi connectivity index (χ0v) is 18.4. The monoisotopic (exact) mass is 445 g/mol. The highest BCUT2D eigenvalue weighted by Crippen LogP contribution is 2.25. The van der Waals surface area contributed by atoms with E-state index >= 15 is 0 Å². The SMILES string of the molecule is CCCCc1nnc(NC(=O)C2CC(=O)N(CCc3c[nH]c4ccc(Cl)cc34)C2)s1. The van der Waals surface area contributed by atoms with Gasteiger partial charge < -0.3 is 15.2 Å². The minimum Gasteiger partial charge on any atom is -0.361 e. The predicted molar refractivity (Wildman–Crippen MR) is 119 cm³/mol. The minimum absolute atomic E-state index is 0.00826. The molecule has 158 valence electrons. The number of unbranched alkanes of at least 4 members (excludes halogenated alkanes) is 1. The Morgan fingerprint density at radius 3 is 3.07 bits per heavy atom. The molecule has 0 saturated carbocycles. The van der Waals surface area contributed by atoms with E-state index in [0.717, 1.165) is 40.7 Å². The van der Waals surface area contributed by atoms with Crippen LogP contribution in [0.15, 0.2) is 24.4 Å². The normalized spacial score (nSPS) is 16.5. The molecule has 9 heteroatoms. The number of aryl methyl sites for hydroxylation is 1. The molecule has 0 aliphatic carbocycles. The van der Waals surface area contributed by atoms with E-state index in [-0.39, 0.29) is 24.2 Å². The number of nitrogens with one attached hydrogen (secondary N) is 2. The molecule has 1 atom stereocenters. The zero-order chi connectivity index (χ0) is 21.1. The number of H-pyrrole nitrogens is 1. The number of fused-ring (bicyclic) bond motifs is 1. The van der Waals surface area contributed by atoms with Gasteiger partial charge in [-0.1, -0.05) is 36.3 Å². The molecule has 0 radical (unpaired) electrons. The van der Waals surface area contributed by atoms with Crippen LogP contribution in [0.25, 0.3) is 10.9 Å². The number of hydrogen-bond acceptors (Lipinski definition) is 5. The summed E-state index contributed by atoms with van der Waals surface area (Å²) in [7, 11) is 0. The molecule has 2 amide bonds. The fourth-order valence-corrected chi connectivity index (χ4v) is 4.67. The van der Waals surface area contributed by atoms with Crippen molar-refractivity contribution in [2.24, 2.45) is 5.92 Å². The number of carbonyl (C=O) groups is 2. The van der Waals surface area contributed by atoms with Crippen molar-refractivity contribution in [2.75, 3.05) is 18.4 Å². The molecule has 30 heavy (non-hydrogen) atoms. The lowest BCUT2D eigenvalue weighted by Crippen LogP contribution is -2.30. The van der Waals surface area contributed by atoms with Crippen LogP contribution in [-0.2, 0) is 22.4 Å². The molecular formula is C21H24ClN5O2S. The van der Waals surface area contributed by atoms with Crippen molar-refractivity contribution in [3.05, 3.63) is 40.0 Å². The second-order valence-corrected chi connectivity index (χ2v) is 9.09. The first-order valence-electron chi connectivity index (χ1n) is 10.2. The summed E-state index contributed by atoms with van der Waals surface area (Å²) in [6.07, 6.45) is 5.91. The third-order valence-corrected chi connectivity index (χ3v) is 6.54. The fraction of sp³-hybridized carbons (Fsp3) is 0.429. The van der Waals surface area contributed by atoms with Gasteiger partial charge in [0.2, 0.25) is 16.9 Å². The molecule has 1 saturated heterocycles. The number of benzene rings is 1. The summed E-state index contributed by atoms with van der Waals surface area (Å²) in [6, 6.07) is 5.73. The second-order valence-electron chi connectivity index (χ2n) is 7.59. The summed E-state index contributed by atoms with van der Waals surface area (Å²) >= 11 is 7.52. The number of carbonyl (C=O) groups excluding carboxylic acids is 2. The van der Waals surface area contributed by atoms with Crippen LogP contribution >= 0.6 is 22.9 Å². The van der Waals surface area contributed by atoms with Crippen LogP contribution in [0.3, 0.4) is 0 Å². The molecule has 7 nitrogen and oxygen atoms in total. The number of amides is 2. The Morgan fingerprint density at radius 1 is 1.37 bits per heavy atom. The summed E-state index contributed by atoms with van der Waals surface area (Å²) < 4.78 is 0. The molecule has 1 aliphatic heterocycles. The highest BCUT2D eigenvalue weighted by Gasteiger charge is 2.34. The fourth-order valence-electron chi connectivity index (χ4n) is 3.72. The van der Waals surface area contributed by atoms with E-state index in [2.05, 4.69) is 27.4 Å². The largest absolute Gasteiger partial charge is 0.361 e. The van der Waals surface area contributed by atoms with Crippen molar-refractivity contribution in [2.45, 2.75) is 39.0 Å². The van der Waals surface area contributed by atoms with Gasteiger partial charge in [-0.2, -0.15) is 0 Å². The van der Waals surface area contributed by atoms with Crippen LogP contribution in [0.2, 0.25) is 5.02 Å². The van der Waals surface area contributed by atoms with Gasteiger partial charge in [0.1, 0.15) is 5.01 Å². The van der Waals surface area contributed by atoms with E-state index in [4.69, 9.17) is 11.6 Å². The lowest BCUT2D eigenvalue weighted by atomic mass is 10.1. The number of nitrogens with zero attached hydrogens (tertiary/aromatic N) is 3. The first-order chi connectivity index (χ1) is 14.5. The highest BCUT2D eigenvalue weighted by atomic mass is 35.5. The Labute approximate surface area is 183 Å². The van der Waals surface area contributed by atoms with Gasteiger partial charge in [-0.25, -0.2) is 0 Å². The van der Waals surface area contributed by atoms with E-state index in [1.54, 1.807) is 4.90 Å². The van der Waals surface area contributed by atoms with Gasteiger partial charge >= 0.3 is 0 Å². The smallest absolute Gasteiger partial charge is 0.231 e. The highest BCUT2D eigenvalue weighted by molar-refractivity contribution is 7.15. The van der Waals surface area contributed by atoms with E-state index < -0.39 is 0 Å². The van der Waals surface area contributed by atoms with Crippen LogP contribution in [0.4, 0.5) is 5.13 Å². The van der Waals surface area contributed by atoms with Crippen molar-refractivity contribution >= 4 is 50.8 Å². The first-order valence-corrected chi connectivity index (χ1v) is 11.4. The molecule has 1 aromatic carbocycles. The number of likely N-dealkylation sites (tertiary alicyclic amines) is 1. The maximum Gasteiger partial charge on any atom is 0.231 e. The molecule has 1 aliphatic rings. The number of rotatable bonds is 8. The van der Waals surface area contributed by atoms with Crippen molar-refractivity contribution < 1.29 is 9.59 Å². The minimum atomic E-state index is -0.363. The Hall–Kier alpha value is -2.45. The summed E-state index contributed by atoms with van der Waals surface area (Å²) in [6.45, 7) is 3.12. The topological polar surface area (TPSA) is 91.0 Å². The first kappa shape index (κ1) is 20.8. The molecular weight excluding hydrogens is 422 g/mol. The Balaban J connectivity index is 1.32. The average Bonchev–Trinajstić information content (AvgIpc) is 3.43. The Bertz CT molecular complexity index is 1060. The molecule has 4 rings (SSSR count). The lowest BCUT2D eigenvalue weighted by molar-refractivity contribution is -0.128. The van der Waals surface area contributed by atoms with Crippen LogP contribution in [0.1, 0.15) is 36.8 Å². The summed E-state index contributed by atoms with van der Waals surface area (Å²) in [5, 5.41) is 14.2. The third-order valence-electron chi connectivity index (χ3n) is 5.41. The second kappa shape index (κ2) is 9.14. The van der Waals surface area contributed by atoms with E-state index in [1.165, 1.54) is 11.3 Å². The summed E-state index contributed by atoms with van der Waals surface area (Å²) in [5.41, 5.74) is 2.14. The van der Waals surface area contributed by atoms with Crippen LogP contribution < -0.4 is 5.32 Å². The summed E-state index contributed by atoms with van der Waals surface area (Å²) in [5.74, 6) is -0.519. The molecule has 1 fully saturated rings. The maximum atomic E-state index is 12.6. The van der Waals surface area contributed by atoms with Crippen LogP contribution in [0.5, 0.6) is 0 Å². The summed E-state index contributed by atoms with van der Waals surface area (Å²) in [4.78, 5) is 30.0. The Morgan fingerprint density at radius 2 is 2.23 bits per heavy atom. The number of anilines is 1. The molecule has 3 heterocycles. The average molecular weight is 446 g/mol. The number of halogens is 1. The molecule has 3 aromatic rings. The molecule has 0 bridgehead atoms. The number of hydrogen-bond donors (Lipinski definition) is 2.